The minimum atomic E-state index is -2.59. The molecule has 1 fully saturated rings. The van der Waals surface area contributed by atoms with Crippen molar-refractivity contribution in [3.8, 4) is 0 Å². The number of morpholine rings is 1. The van der Waals surface area contributed by atoms with Gasteiger partial charge in [-0.15, -0.1) is 0 Å². The van der Waals surface area contributed by atoms with E-state index in [1.807, 2.05) is 6.07 Å². The summed E-state index contributed by atoms with van der Waals surface area (Å²) in [5, 5.41) is 2.69. The van der Waals surface area contributed by atoms with Crippen molar-refractivity contribution in [3.63, 3.8) is 0 Å². The van der Waals surface area contributed by atoms with E-state index in [-0.39, 0.29) is 17.0 Å². The number of hydrogen-bond donors (Lipinski definition) is 1. The number of anilines is 1. The predicted molar refractivity (Wildman–Crippen MR) is 94.5 cm³/mol. The Morgan fingerprint density at radius 1 is 1.27 bits per heavy atom. The summed E-state index contributed by atoms with van der Waals surface area (Å²) in [6.07, 6.45) is 1.64. The third-order valence-electron chi connectivity index (χ3n) is 3.78. The zero-order valence-electron chi connectivity index (χ0n) is 13.9. The van der Waals surface area contributed by atoms with E-state index in [9.17, 15) is 13.6 Å². The van der Waals surface area contributed by atoms with E-state index < -0.39 is 11.7 Å². The smallest absolute Gasteiger partial charge is 0.288 e. The SMILES string of the molecule is O=C(NCc1nccc(N2CCOCC2)n1)c1ccccc1SC(F)F. The molecule has 9 heteroatoms. The van der Waals surface area contributed by atoms with Gasteiger partial charge in [0.1, 0.15) is 11.6 Å². The quantitative estimate of drug-likeness (QED) is 0.777. The van der Waals surface area contributed by atoms with E-state index in [2.05, 4.69) is 20.2 Å². The largest absolute Gasteiger partial charge is 0.378 e. The second kappa shape index (κ2) is 8.91. The standard InChI is InChI=1S/C17H18F2N4O2S/c18-17(19)26-13-4-2-1-3-12(13)16(24)21-11-14-20-6-5-15(22-14)23-7-9-25-10-8-23/h1-6,17H,7-11H2,(H,21,24). The van der Waals surface area contributed by atoms with Crippen LogP contribution in [0.15, 0.2) is 41.4 Å². The normalized spacial score (nSPS) is 14.5. The fourth-order valence-electron chi connectivity index (χ4n) is 2.55. The number of halogens is 2. The van der Waals surface area contributed by atoms with Gasteiger partial charge < -0.3 is 15.0 Å². The van der Waals surface area contributed by atoms with Crippen LogP contribution in [0.5, 0.6) is 0 Å². The number of ether oxygens (including phenoxy) is 1. The summed E-state index contributed by atoms with van der Waals surface area (Å²) in [5.74, 6) is -1.78. The molecular weight excluding hydrogens is 362 g/mol. The molecule has 1 amide bonds. The number of carbonyl (C=O) groups is 1. The molecule has 1 aliphatic heterocycles. The lowest BCUT2D eigenvalue weighted by molar-refractivity contribution is 0.0947. The van der Waals surface area contributed by atoms with E-state index in [1.54, 1.807) is 18.3 Å². The van der Waals surface area contributed by atoms with E-state index in [0.29, 0.717) is 30.8 Å². The van der Waals surface area contributed by atoms with Crippen molar-refractivity contribution in [2.75, 3.05) is 31.2 Å². The maximum Gasteiger partial charge on any atom is 0.288 e. The highest BCUT2D eigenvalue weighted by Gasteiger charge is 2.16. The van der Waals surface area contributed by atoms with Crippen molar-refractivity contribution in [1.82, 2.24) is 15.3 Å². The highest BCUT2D eigenvalue weighted by Crippen LogP contribution is 2.28. The van der Waals surface area contributed by atoms with Crippen molar-refractivity contribution in [2.45, 2.75) is 17.2 Å². The highest BCUT2D eigenvalue weighted by molar-refractivity contribution is 7.99. The highest BCUT2D eigenvalue weighted by atomic mass is 32.2. The third kappa shape index (κ3) is 4.89. The Morgan fingerprint density at radius 2 is 2.04 bits per heavy atom. The number of nitrogens with zero attached hydrogens (tertiary/aromatic N) is 3. The number of hydrogen-bond acceptors (Lipinski definition) is 6. The van der Waals surface area contributed by atoms with Crippen LogP contribution in [0.25, 0.3) is 0 Å². The Bertz CT molecular complexity index is 757. The molecule has 0 bridgehead atoms. The number of nitrogens with one attached hydrogen (secondary N) is 1. The van der Waals surface area contributed by atoms with Crippen LogP contribution in [0.4, 0.5) is 14.6 Å². The van der Waals surface area contributed by atoms with Gasteiger partial charge >= 0.3 is 0 Å². The Balaban J connectivity index is 1.65. The van der Waals surface area contributed by atoms with Crippen molar-refractivity contribution in [3.05, 3.63) is 47.9 Å². The van der Waals surface area contributed by atoms with Gasteiger partial charge in [-0.3, -0.25) is 4.79 Å². The lowest BCUT2D eigenvalue weighted by atomic mass is 10.2. The molecule has 1 aromatic carbocycles. The number of carbonyl (C=O) groups excluding carboxylic acids is 1. The molecule has 1 N–H and O–H groups in total. The second-order valence-electron chi connectivity index (χ2n) is 5.49. The first-order chi connectivity index (χ1) is 12.6. The maximum atomic E-state index is 12.6. The van der Waals surface area contributed by atoms with E-state index in [4.69, 9.17) is 4.74 Å². The maximum absolute atomic E-state index is 12.6. The van der Waals surface area contributed by atoms with Crippen LogP contribution in [-0.4, -0.2) is 47.9 Å². The third-order valence-corrected chi connectivity index (χ3v) is 4.57. The van der Waals surface area contributed by atoms with Gasteiger partial charge in [-0.05, 0) is 18.2 Å². The molecule has 1 saturated heterocycles. The lowest BCUT2D eigenvalue weighted by Gasteiger charge is -2.27. The number of amides is 1. The van der Waals surface area contributed by atoms with Gasteiger partial charge in [-0.1, -0.05) is 23.9 Å². The summed E-state index contributed by atoms with van der Waals surface area (Å²) in [5.41, 5.74) is 0.210. The fourth-order valence-corrected chi connectivity index (χ4v) is 3.19. The van der Waals surface area contributed by atoms with Gasteiger partial charge in [-0.2, -0.15) is 8.78 Å². The van der Waals surface area contributed by atoms with Crippen LogP contribution in [0.2, 0.25) is 0 Å². The Labute approximate surface area is 154 Å². The van der Waals surface area contributed by atoms with Crippen LogP contribution in [0, 0.1) is 0 Å². The molecule has 2 heterocycles. The monoisotopic (exact) mass is 380 g/mol. The van der Waals surface area contributed by atoms with E-state index >= 15 is 0 Å². The molecule has 0 saturated carbocycles. The van der Waals surface area contributed by atoms with Gasteiger partial charge in [0, 0.05) is 24.2 Å². The topological polar surface area (TPSA) is 67.4 Å². The number of alkyl halides is 2. The molecule has 0 aliphatic carbocycles. The Hall–Kier alpha value is -2.26. The molecular formula is C17H18F2N4O2S. The molecule has 6 nitrogen and oxygen atoms in total. The van der Waals surface area contributed by atoms with Gasteiger partial charge in [0.05, 0.1) is 25.3 Å². The molecule has 0 unspecified atom stereocenters. The van der Waals surface area contributed by atoms with E-state index in [0.717, 1.165) is 18.9 Å². The molecule has 1 aromatic heterocycles. The minimum Gasteiger partial charge on any atom is -0.378 e. The number of thioether (sulfide) groups is 1. The van der Waals surface area contributed by atoms with Crippen LogP contribution in [0.3, 0.4) is 0 Å². The molecule has 26 heavy (non-hydrogen) atoms. The molecule has 0 atom stereocenters. The van der Waals surface area contributed by atoms with Gasteiger partial charge in [0.25, 0.3) is 11.7 Å². The summed E-state index contributed by atoms with van der Waals surface area (Å²) in [7, 11) is 0. The van der Waals surface area contributed by atoms with Crippen LogP contribution >= 0.6 is 11.8 Å². The summed E-state index contributed by atoms with van der Waals surface area (Å²) in [4.78, 5) is 23.3. The summed E-state index contributed by atoms with van der Waals surface area (Å²) in [6, 6.07) is 8.09. The van der Waals surface area contributed by atoms with Gasteiger partial charge in [-0.25, -0.2) is 9.97 Å². The number of rotatable bonds is 6. The molecule has 0 radical (unpaired) electrons. The fraction of sp³-hybridized carbons (Fsp3) is 0.353. The average Bonchev–Trinajstić information content (AvgIpc) is 2.67. The first-order valence-corrected chi connectivity index (χ1v) is 8.98. The average molecular weight is 380 g/mol. The number of benzene rings is 1. The van der Waals surface area contributed by atoms with Crippen molar-refractivity contribution in [1.29, 1.82) is 0 Å². The van der Waals surface area contributed by atoms with Gasteiger partial charge in [0.15, 0.2) is 0 Å². The second-order valence-corrected chi connectivity index (χ2v) is 6.52. The van der Waals surface area contributed by atoms with Crippen molar-refractivity contribution in [2.24, 2.45) is 0 Å². The van der Waals surface area contributed by atoms with Crippen molar-refractivity contribution < 1.29 is 18.3 Å². The molecule has 1 aliphatic rings. The van der Waals surface area contributed by atoms with Crippen LogP contribution in [0.1, 0.15) is 16.2 Å². The van der Waals surface area contributed by atoms with E-state index in [1.165, 1.54) is 12.1 Å². The summed E-state index contributed by atoms with van der Waals surface area (Å²) >= 11 is 0.352. The van der Waals surface area contributed by atoms with Gasteiger partial charge in [0.2, 0.25) is 0 Å². The number of aromatic nitrogens is 2. The van der Waals surface area contributed by atoms with Crippen LogP contribution < -0.4 is 10.2 Å². The first-order valence-electron chi connectivity index (χ1n) is 8.10. The predicted octanol–water partition coefficient (Wildman–Crippen LogP) is 2.56. The Morgan fingerprint density at radius 3 is 2.81 bits per heavy atom. The minimum absolute atomic E-state index is 0.116. The molecule has 138 valence electrons. The first kappa shape index (κ1) is 18.5. The molecule has 3 rings (SSSR count). The molecule has 2 aromatic rings. The van der Waals surface area contributed by atoms with Crippen molar-refractivity contribution >= 4 is 23.5 Å². The summed E-state index contributed by atoms with van der Waals surface area (Å²) < 4.78 is 30.6. The van der Waals surface area contributed by atoms with Crippen LogP contribution in [-0.2, 0) is 11.3 Å². The summed E-state index contributed by atoms with van der Waals surface area (Å²) in [6.45, 7) is 2.91. The zero-order chi connectivity index (χ0) is 18.4. The zero-order valence-corrected chi connectivity index (χ0v) is 14.7. The molecule has 0 spiro atoms. The lowest BCUT2D eigenvalue weighted by Crippen LogP contribution is -2.37. The Kier molecular flexibility index (Phi) is 6.35.